The van der Waals surface area contributed by atoms with Gasteiger partial charge in [0, 0.05) is 12.1 Å². The first-order chi connectivity index (χ1) is 9.85. The van der Waals surface area contributed by atoms with E-state index in [0.717, 1.165) is 0 Å². The number of para-hydroxylation sites is 1. The van der Waals surface area contributed by atoms with E-state index in [1.807, 2.05) is 13.8 Å². The lowest BCUT2D eigenvalue weighted by molar-refractivity contribution is 0.0915. The Labute approximate surface area is 123 Å². The van der Waals surface area contributed by atoms with Gasteiger partial charge in [-0.15, -0.1) is 0 Å². The fourth-order valence-electron chi connectivity index (χ4n) is 1.92. The maximum atomic E-state index is 13.8. The van der Waals surface area contributed by atoms with E-state index >= 15 is 0 Å². The highest BCUT2D eigenvalue weighted by atomic mass is 19.1. The van der Waals surface area contributed by atoms with E-state index in [4.69, 9.17) is 5.73 Å². The number of halogens is 1. The van der Waals surface area contributed by atoms with Gasteiger partial charge in [0.1, 0.15) is 11.5 Å². The predicted molar refractivity (Wildman–Crippen MR) is 78.9 cm³/mol. The average Bonchev–Trinajstić information content (AvgIpc) is 2.81. The van der Waals surface area contributed by atoms with Crippen molar-refractivity contribution < 1.29 is 9.18 Å². The molecule has 5 nitrogen and oxygen atoms in total. The second-order valence-electron chi connectivity index (χ2n) is 5.55. The Kier molecular flexibility index (Phi) is 4.09. The van der Waals surface area contributed by atoms with Gasteiger partial charge < -0.3 is 11.1 Å². The summed E-state index contributed by atoms with van der Waals surface area (Å²) < 4.78 is 15.2. The quantitative estimate of drug-likeness (QED) is 0.901. The smallest absolute Gasteiger partial charge is 0.255 e. The number of aromatic nitrogens is 2. The highest BCUT2D eigenvalue weighted by Gasteiger charge is 2.22. The van der Waals surface area contributed by atoms with E-state index in [1.54, 1.807) is 25.1 Å². The zero-order valence-electron chi connectivity index (χ0n) is 12.4. The molecule has 0 unspecified atom stereocenters. The maximum Gasteiger partial charge on any atom is 0.255 e. The summed E-state index contributed by atoms with van der Waals surface area (Å²) in [5.74, 6) is -0.663. The molecule has 0 fully saturated rings. The predicted octanol–water partition coefficient (Wildman–Crippen LogP) is 1.79. The van der Waals surface area contributed by atoms with Crippen molar-refractivity contribution in [2.24, 2.45) is 5.73 Å². The van der Waals surface area contributed by atoms with Crippen LogP contribution in [0.15, 0.2) is 30.5 Å². The van der Waals surface area contributed by atoms with Crippen molar-refractivity contribution in [1.29, 1.82) is 0 Å². The first kappa shape index (κ1) is 15.2. The molecule has 0 bridgehead atoms. The lowest BCUT2D eigenvalue weighted by atomic mass is 10.1. The van der Waals surface area contributed by atoms with E-state index < -0.39 is 11.4 Å². The van der Waals surface area contributed by atoms with E-state index in [0.29, 0.717) is 23.5 Å². The van der Waals surface area contributed by atoms with Crippen LogP contribution in [0.3, 0.4) is 0 Å². The Morgan fingerprint density at radius 2 is 2.10 bits per heavy atom. The summed E-state index contributed by atoms with van der Waals surface area (Å²) in [4.78, 5) is 12.3. The number of nitrogens with zero attached hydrogens (tertiary/aromatic N) is 2. The van der Waals surface area contributed by atoms with Crippen LogP contribution in [-0.2, 0) is 0 Å². The van der Waals surface area contributed by atoms with Crippen LogP contribution in [0.5, 0.6) is 0 Å². The summed E-state index contributed by atoms with van der Waals surface area (Å²) >= 11 is 0. The van der Waals surface area contributed by atoms with Crippen LogP contribution >= 0.6 is 0 Å². The van der Waals surface area contributed by atoms with Gasteiger partial charge in [0.15, 0.2) is 0 Å². The van der Waals surface area contributed by atoms with Crippen LogP contribution in [0.4, 0.5) is 4.39 Å². The van der Waals surface area contributed by atoms with Gasteiger partial charge in [-0.25, -0.2) is 9.07 Å². The molecule has 0 saturated carbocycles. The summed E-state index contributed by atoms with van der Waals surface area (Å²) in [6, 6.07) is 6.29. The summed E-state index contributed by atoms with van der Waals surface area (Å²) in [6.45, 7) is 5.71. The van der Waals surface area contributed by atoms with Crippen molar-refractivity contribution in [2.75, 3.05) is 6.54 Å². The SMILES string of the molecule is Cc1c(C(=O)NC(C)(C)CN)cnn1-c1ccccc1F. The second kappa shape index (κ2) is 5.65. The van der Waals surface area contributed by atoms with E-state index in [-0.39, 0.29) is 5.91 Å². The molecule has 0 spiro atoms. The Morgan fingerprint density at radius 3 is 2.71 bits per heavy atom. The first-order valence-corrected chi connectivity index (χ1v) is 6.68. The van der Waals surface area contributed by atoms with Gasteiger partial charge in [-0.2, -0.15) is 5.10 Å². The number of amides is 1. The largest absolute Gasteiger partial charge is 0.346 e. The van der Waals surface area contributed by atoms with Gasteiger partial charge >= 0.3 is 0 Å². The van der Waals surface area contributed by atoms with Crippen molar-refractivity contribution in [1.82, 2.24) is 15.1 Å². The number of nitrogens with two attached hydrogens (primary N) is 1. The molecule has 21 heavy (non-hydrogen) atoms. The fraction of sp³-hybridized carbons (Fsp3) is 0.333. The molecule has 0 radical (unpaired) electrons. The standard InChI is InChI=1S/C15H19FN4O/c1-10-11(14(21)19-15(2,3)9-17)8-18-20(10)13-7-5-4-6-12(13)16/h4-8H,9,17H2,1-3H3,(H,19,21). The Balaban J connectivity index is 2.34. The third-order valence-electron chi connectivity index (χ3n) is 3.30. The lowest BCUT2D eigenvalue weighted by Gasteiger charge is -2.24. The van der Waals surface area contributed by atoms with Crippen molar-refractivity contribution in [3.63, 3.8) is 0 Å². The molecule has 6 heteroatoms. The lowest BCUT2D eigenvalue weighted by Crippen LogP contribution is -2.48. The molecule has 1 amide bonds. The number of hydrogen-bond acceptors (Lipinski definition) is 3. The third kappa shape index (κ3) is 3.11. The van der Waals surface area contributed by atoms with Crippen LogP contribution in [0.1, 0.15) is 29.9 Å². The van der Waals surface area contributed by atoms with E-state index in [9.17, 15) is 9.18 Å². The molecule has 0 saturated heterocycles. The molecule has 1 aromatic heterocycles. The van der Waals surface area contributed by atoms with E-state index in [1.165, 1.54) is 16.9 Å². The van der Waals surface area contributed by atoms with Crippen LogP contribution in [-0.4, -0.2) is 27.8 Å². The summed E-state index contributed by atoms with van der Waals surface area (Å²) in [6.07, 6.45) is 1.43. The Morgan fingerprint density at radius 1 is 1.43 bits per heavy atom. The average molecular weight is 290 g/mol. The molecular weight excluding hydrogens is 271 g/mol. The molecule has 0 atom stereocenters. The normalized spacial score (nSPS) is 11.5. The van der Waals surface area contributed by atoms with Gasteiger partial charge in [0.2, 0.25) is 0 Å². The molecule has 3 N–H and O–H groups in total. The number of benzene rings is 1. The summed E-state index contributed by atoms with van der Waals surface area (Å²) in [5, 5.41) is 6.94. The van der Waals surface area contributed by atoms with Gasteiger partial charge in [0.05, 0.1) is 17.5 Å². The summed E-state index contributed by atoms with van der Waals surface area (Å²) in [7, 11) is 0. The van der Waals surface area contributed by atoms with Crippen LogP contribution in [0.25, 0.3) is 5.69 Å². The maximum absolute atomic E-state index is 13.8. The van der Waals surface area contributed by atoms with Crippen molar-refractivity contribution in [3.8, 4) is 5.69 Å². The van der Waals surface area contributed by atoms with Crippen LogP contribution in [0, 0.1) is 12.7 Å². The van der Waals surface area contributed by atoms with Crippen molar-refractivity contribution in [3.05, 3.63) is 47.5 Å². The van der Waals surface area contributed by atoms with E-state index in [2.05, 4.69) is 10.4 Å². The minimum absolute atomic E-state index is 0.273. The van der Waals surface area contributed by atoms with Crippen LogP contribution < -0.4 is 11.1 Å². The van der Waals surface area contributed by atoms with Gasteiger partial charge in [0.25, 0.3) is 5.91 Å². The fourth-order valence-corrected chi connectivity index (χ4v) is 1.92. The molecule has 2 rings (SSSR count). The first-order valence-electron chi connectivity index (χ1n) is 6.68. The highest BCUT2D eigenvalue weighted by Crippen LogP contribution is 2.17. The molecular formula is C15H19FN4O. The van der Waals surface area contributed by atoms with Gasteiger partial charge in [-0.1, -0.05) is 12.1 Å². The van der Waals surface area contributed by atoms with Crippen LogP contribution in [0.2, 0.25) is 0 Å². The zero-order valence-corrected chi connectivity index (χ0v) is 12.4. The molecule has 1 heterocycles. The molecule has 0 aliphatic heterocycles. The van der Waals surface area contributed by atoms with Crippen molar-refractivity contribution in [2.45, 2.75) is 26.3 Å². The Hall–Kier alpha value is -2.21. The molecule has 2 aromatic rings. The monoisotopic (exact) mass is 290 g/mol. The number of nitrogens with one attached hydrogen (secondary N) is 1. The molecule has 0 aliphatic rings. The molecule has 1 aromatic carbocycles. The highest BCUT2D eigenvalue weighted by molar-refractivity contribution is 5.95. The van der Waals surface area contributed by atoms with Gasteiger partial charge in [-0.05, 0) is 32.9 Å². The van der Waals surface area contributed by atoms with Crippen molar-refractivity contribution >= 4 is 5.91 Å². The number of hydrogen-bond donors (Lipinski definition) is 2. The topological polar surface area (TPSA) is 72.9 Å². The second-order valence-corrected chi connectivity index (χ2v) is 5.55. The summed E-state index contributed by atoms with van der Waals surface area (Å²) in [5.41, 5.74) is 6.38. The minimum atomic E-state index is -0.510. The number of rotatable bonds is 4. The third-order valence-corrected chi connectivity index (χ3v) is 3.30. The van der Waals surface area contributed by atoms with Gasteiger partial charge in [-0.3, -0.25) is 4.79 Å². The number of carbonyl (C=O) groups excluding carboxylic acids is 1. The minimum Gasteiger partial charge on any atom is -0.346 e. The number of carbonyl (C=O) groups is 1. The zero-order chi connectivity index (χ0) is 15.6. The molecule has 0 aliphatic carbocycles. The Bertz CT molecular complexity index is 663. The molecule has 112 valence electrons.